The molecule has 0 aliphatic carbocycles. The quantitative estimate of drug-likeness (QED) is 0.433. The first-order chi connectivity index (χ1) is 8.77. The van der Waals surface area contributed by atoms with E-state index in [0.717, 1.165) is 29.2 Å². The molecule has 0 fully saturated rings. The molecule has 0 amide bonds. The lowest BCUT2D eigenvalue weighted by molar-refractivity contribution is 0.172. The van der Waals surface area contributed by atoms with Gasteiger partial charge >= 0.3 is 0 Å². The number of thioether (sulfide) groups is 1. The third kappa shape index (κ3) is 5.52. The van der Waals surface area contributed by atoms with Crippen molar-refractivity contribution < 1.29 is 5.11 Å². The Morgan fingerprint density at radius 3 is 2.94 bits per heavy atom. The maximum Gasteiger partial charge on any atom is 0.0761 e. The van der Waals surface area contributed by atoms with Gasteiger partial charge in [-0.2, -0.15) is 0 Å². The molecule has 1 aromatic carbocycles. The van der Waals surface area contributed by atoms with Crippen LogP contribution >= 0.6 is 11.8 Å². The summed E-state index contributed by atoms with van der Waals surface area (Å²) in [6.45, 7) is 5.79. The summed E-state index contributed by atoms with van der Waals surface area (Å²) in [6, 6.07) is 8.04. The molecule has 1 rings (SSSR count). The minimum Gasteiger partial charge on any atom is -0.393 e. The average Bonchev–Trinajstić information content (AvgIpc) is 2.38. The van der Waals surface area contributed by atoms with Gasteiger partial charge in [-0.1, -0.05) is 31.6 Å². The van der Waals surface area contributed by atoms with Crippen molar-refractivity contribution in [2.24, 2.45) is 4.99 Å². The average molecular weight is 263 g/mol. The zero-order valence-electron chi connectivity index (χ0n) is 10.9. The van der Waals surface area contributed by atoms with E-state index in [1.165, 1.54) is 0 Å². The smallest absolute Gasteiger partial charge is 0.0761 e. The summed E-state index contributed by atoms with van der Waals surface area (Å²) in [5.74, 6) is 0.880. The highest BCUT2D eigenvalue weighted by molar-refractivity contribution is 7.99. The Kier molecular flexibility index (Phi) is 7.46. The van der Waals surface area contributed by atoms with Gasteiger partial charge in [-0.25, -0.2) is 0 Å². The summed E-state index contributed by atoms with van der Waals surface area (Å²) in [4.78, 5) is 5.59. The second-order valence-corrected chi connectivity index (χ2v) is 5.12. The van der Waals surface area contributed by atoms with Crippen LogP contribution in [0.3, 0.4) is 0 Å². The van der Waals surface area contributed by atoms with Crippen molar-refractivity contribution in [1.82, 2.24) is 0 Å². The maximum absolute atomic E-state index is 9.63. The van der Waals surface area contributed by atoms with E-state index >= 15 is 0 Å². The molecule has 0 radical (unpaired) electrons. The molecule has 18 heavy (non-hydrogen) atoms. The molecule has 1 N–H and O–H groups in total. The lowest BCUT2D eigenvalue weighted by atomic mass is 10.1. The van der Waals surface area contributed by atoms with Gasteiger partial charge in [0.25, 0.3) is 0 Å². The summed E-state index contributed by atoms with van der Waals surface area (Å²) < 4.78 is 0. The topological polar surface area (TPSA) is 32.6 Å². The van der Waals surface area contributed by atoms with Crippen LogP contribution in [-0.4, -0.2) is 23.2 Å². The van der Waals surface area contributed by atoms with Crippen molar-refractivity contribution >= 4 is 23.7 Å². The Bertz CT molecular complexity index is 390. The molecule has 0 aliphatic heterocycles. The molecule has 0 aromatic heterocycles. The summed E-state index contributed by atoms with van der Waals surface area (Å²) >= 11 is 1.72. The number of para-hydroxylation sites is 1. The van der Waals surface area contributed by atoms with Crippen LogP contribution in [0.2, 0.25) is 0 Å². The zero-order chi connectivity index (χ0) is 13.2. The highest BCUT2D eigenvalue weighted by Crippen LogP contribution is 2.29. The first-order valence-electron chi connectivity index (χ1n) is 6.31. The SMILES string of the molecule is C=CCSc1ccccc1/N=C\C[C@H](O)CCC. The van der Waals surface area contributed by atoms with E-state index in [2.05, 4.69) is 24.6 Å². The van der Waals surface area contributed by atoms with Gasteiger partial charge in [-0.15, -0.1) is 18.3 Å². The number of rotatable bonds is 8. The summed E-state index contributed by atoms with van der Waals surface area (Å²) in [5.41, 5.74) is 0.966. The van der Waals surface area contributed by atoms with Crippen LogP contribution in [-0.2, 0) is 0 Å². The van der Waals surface area contributed by atoms with Gasteiger partial charge in [-0.3, -0.25) is 4.99 Å². The monoisotopic (exact) mass is 263 g/mol. The number of nitrogens with zero attached hydrogens (tertiary/aromatic N) is 1. The van der Waals surface area contributed by atoms with Gasteiger partial charge in [0, 0.05) is 23.3 Å². The Labute approximate surface area is 114 Å². The van der Waals surface area contributed by atoms with Crippen molar-refractivity contribution in [1.29, 1.82) is 0 Å². The first-order valence-corrected chi connectivity index (χ1v) is 7.29. The largest absolute Gasteiger partial charge is 0.393 e. The lowest BCUT2D eigenvalue weighted by Gasteiger charge is -2.05. The van der Waals surface area contributed by atoms with Crippen molar-refractivity contribution in [3.8, 4) is 0 Å². The predicted molar refractivity (Wildman–Crippen MR) is 81.0 cm³/mol. The molecule has 0 aliphatic rings. The molecule has 1 atom stereocenters. The second-order valence-electron chi connectivity index (χ2n) is 4.06. The Balaban J connectivity index is 2.59. The van der Waals surface area contributed by atoms with Crippen LogP contribution < -0.4 is 0 Å². The van der Waals surface area contributed by atoms with Crippen LogP contribution in [0, 0.1) is 0 Å². The number of aliphatic hydroxyl groups is 1. The van der Waals surface area contributed by atoms with E-state index in [9.17, 15) is 5.11 Å². The maximum atomic E-state index is 9.63. The van der Waals surface area contributed by atoms with E-state index in [1.54, 1.807) is 11.8 Å². The standard InChI is InChI=1S/C15H21NOS/c1-3-7-13(17)10-11-16-14-8-5-6-9-15(14)18-12-4-2/h4-6,8-9,11,13,17H,2-3,7,10,12H2,1H3/b16-11-/t13-/m1/s1. The molecule has 1 aromatic rings. The minimum absolute atomic E-state index is 0.272. The fourth-order valence-electron chi connectivity index (χ4n) is 1.56. The van der Waals surface area contributed by atoms with E-state index in [4.69, 9.17) is 0 Å². The van der Waals surface area contributed by atoms with Gasteiger partial charge in [-0.05, 0) is 18.6 Å². The van der Waals surface area contributed by atoms with Crippen LogP contribution in [0.5, 0.6) is 0 Å². The number of benzene rings is 1. The predicted octanol–water partition coefficient (Wildman–Crippen LogP) is 4.22. The molecular weight excluding hydrogens is 242 g/mol. The molecule has 98 valence electrons. The Morgan fingerprint density at radius 1 is 1.44 bits per heavy atom. The van der Waals surface area contributed by atoms with Crippen LogP contribution in [0.25, 0.3) is 0 Å². The van der Waals surface area contributed by atoms with Gasteiger partial charge in [0.05, 0.1) is 11.8 Å². The van der Waals surface area contributed by atoms with Crippen molar-refractivity contribution in [3.63, 3.8) is 0 Å². The van der Waals surface area contributed by atoms with Crippen molar-refractivity contribution in [2.45, 2.75) is 37.2 Å². The molecule has 0 saturated heterocycles. The Hall–Kier alpha value is -1.06. The molecule has 0 saturated carbocycles. The summed E-state index contributed by atoms with van der Waals surface area (Å²) in [5, 5.41) is 9.63. The summed E-state index contributed by atoms with van der Waals surface area (Å²) in [7, 11) is 0. The van der Waals surface area contributed by atoms with Gasteiger partial charge in [0.15, 0.2) is 0 Å². The molecule has 0 heterocycles. The first kappa shape index (κ1) is 15.0. The fraction of sp³-hybridized carbons (Fsp3) is 0.400. The molecule has 0 spiro atoms. The normalized spacial score (nSPS) is 12.8. The molecular formula is C15H21NOS. The van der Waals surface area contributed by atoms with Gasteiger partial charge in [0.1, 0.15) is 0 Å². The van der Waals surface area contributed by atoms with Crippen molar-refractivity contribution in [3.05, 3.63) is 36.9 Å². The van der Waals surface area contributed by atoms with E-state index in [1.807, 2.05) is 30.5 Å². The van der Waals surface area contributed by atoms with Crippen LogP contribution in [0.1, 0.15) is 26.2 Å². The number of hydrogen-bond acceptors (Lipinski definition) is 3. The van der Waals surface area contributed by atoms with E-state index in [0.29, 0.717) is 6.42 Å². The molecule has 0 unspecified atom stereocenters. The van der Waals surface area contributed by atoms with Gasteiger partial charge in [0.2, 0.25) is 0 Å². The fourth-order valence-corrected chi connectivity index (χ4v) is 2.30. The summed E-state index contributed by atoms with van der Waals surface area (Å²) in [6.07, 6.45) is 5.88. The number of aliphatic hydroxyl groups excluding tert-OH is 1. The van der Waals surface area contributed by atoms with Crippen molar-refractivity contribution in [2.75, 3.05) is 5.75 Å². The molecule has 2 nitrogen and oxygen atoms in total. The lowest BCUT2D eigenvalue weighted by Crippen LogP contribution is -2.05. The van der Waals surface area contributed by atoms with E-state index < -0.39 is 0 Å². The number of aliphatic imine (C=N–C) groups is 1. The number of hydrogen-bond donors (Lipinski definition) is 1. The van der Waals surface area contributed by atoms with Crippen LogP contribution in [0.4, 0.5) is 5.69 Å². The third-order valence-electron chi connectivity index (χ3n) is 2.45. The highest BCUT2D eigenvalue weighted by atomic mass is 32.2. The highest BCUT2D eigenvalue weighted by Gasteiger charge is 2.01. The molecule has 0 bridgehead atoms. The zero-order valence-corrected chi connectivity index (χ0v) is 11.7. The Morgan fingerprint density at radius 2 is 2.22 bits per heavy atom. The minimum atomic E-state index is -0.272. The molecule has 3 heteroatoms. The van der Waals surface area contributed by atoms with Crippen LogP contribution in [0.15, 0.2) is 46.8 Å². The second kappa shape index (κ2) is 8.95. The van der Waals surface area contributed by atoms with Gasteiger partial charge < -0.3 is 5.11 Å². The third-order valence-corrected chi connectivity index (χ3v) is 3.51. The van der Waals surface area contributed by atoms with E-state index in [-0.39, 0.29) is 6.10 Å².